The molecule has 0 unspecified atom stereocenters. The molecule has 5 rings (SSSR count). The molecule has 0 saturated carbocycles. The summed E-state index contributed by atoms with van der Waals surface area (Å²) in [6, 6.07) is 21.7. The Hall–Kier alpha value is -1.25. The van der Waals surface area contributed by atoms with Crippen molar-refractivity contribution < 1.29 is 23.0 Å². The Morgan fingerprint density at radius 1 is 0.667 bits per heavy atom. The summed E-state index contributed by atoms with van der Waals surface area (Å²) < 4.78 is 0. The van der Waals surface area contributed by atoms with E-state index in [1.165, 1.54) is 54.9 Å². The third-order valence-corrected chi connectivity index (χ3v) is 14.2. The molecule has 0 nitrogen and oxygen atoms in total. The zero-order valence-electron chi connectivity index (χ0n) is 21.6. The molecular formula is C31H40HfSi. The van der Waals surface area contributed by atoms with E-state index in [1.807, 2.05) is 0 Å². The van der Waals surface area contributed by atoms with Gasteiger partial charge in [-0.3, -0.25) is 0 Å². The zero-order chi connectivity index (χ0) is 24.0. The van der Waals surface area contributed by atoms with Gasteiger partial charge >= 0.3 is 47.0 Å². The molecule has 0 radical (unpaired) electrons. The van der Waals surface area contributed by atoms with Crippen LogP contribution in [0.15, 0.2) is 48.5 Å². The molecule has 1 aliphatic heterocycles. The summed E-state index contributed by atoms with van der Waals surface area (Å²) in [5.74, 6) is 0. The van der Waals surface area contributed by atoms with Crippen molar-refractivity contribution in [3.05, 3.63) is 81.9 Å². The first-order chi connectivity index (χ1) is 15.9. The Morgan fingerprint density at radius 3 is 1.27 bits per heavy atom. The van der Waals surface area contributed by atoms with Gasteiger partial charge in [0.15, 0.2) is 0 Å². The zero-order valence-corrected chi connectivity index (χ0v) is 26.2. The van der Waals surface area contributed by atoms with Crippen LogP contribution in [0.4, 0.5) is 0 Å². The standard InChI is InChI=1S/2C14H17.C3H6Si.Hf/c2*1-4-11-6-7-12(5-2)14-9-10(3)8-13(11)14;1-2-4-3-1;/h2*6-9H,4-5H2,1-3H3;1-3H2;/q2*-1;;+2. The van der Waals surface area contributed by atoms with Gasteiger partial charge in [-0.1, -0.05) is 77.6 Å². The van der Waals surface area contributed by atoms with Gasteiger partial charge in [-0.2, -0.15) is 12.1 Å². The summed E-state index contributed by atoms with van der Waals surface area (Å²) in [6.07, 6.45) is 6.08. The van der Waals surface area contributed by atoms with Gasteiger partial charge in [0.1, 0.15) is 0 Å². The number of hydrogen-bond acceptors (Lipinski definition) is 0. The second-order valence-electron chi connectivity index (χ2n) is 9.36. The predicted molar refractivity (Wildman–Crippen MR) is 146 cm³/mol. The van der Waals surface area contributed by atoms with Gasteiger partial charge in [-0.15, -0.1) is 68.1 Å². The van der Waals surface area contributed by atoms with E-state index in [0.29, 0.717) is 5.49 Å². The molecule has 1 saturated heterocycles. The van der Waals surface area contributed by atoms with Gasteiger partial charge in [-0.25, -0.2) is 0 Å². The van der Waals surface area contributed by atoms with Crippen molar-refractivity contribution in [2.45, 2.75) is 85.7 Å². The molecule has 0 spiro atoms. The fourth-order valence-electron chi connectivity index (χ4n) is 4.72. The van der Waals surface area contributed by atoms with Crippen LogP contribution in [0.3, 0.4) is 0 Å². The van der Waals surface area contributed by atoms with Crippen LogP contribution in [0, 0.1) is 13.8 Å². The normalized spacial score (nSPS) is 12.8. The minimum absolute atomic E-state index is 0.445. The first kappa shape index (κ1) is 26.4. The van der Waals surface area contributed by atoms with Crippen molar-refractivity contribution in [1.29, 1.82) is 0 Å². The van der Waals surface area contributed by atoms with Crippen LogP contribution < -0.4 is 0 Å². The van der Waals surface area contributed by atoms with Crippen molar-refractivity contribution in [3.8, 4) is 0 Å². The second kappa shape index (κ2) is 12.5. The predicted octanol–water partition coefficient (Wildman–Crippen LogP) is 8.91. The third-order valence-electron chi connectivity index (χ3n) is 6.90. The summed E-state index contributed by atoms with van der Waals surface area (Å²) in [7, 11) is 0. The minimum atomic E-state index is 0.445. The van der Waals surface area contributed by atoms with Crippen molar-refractivity contribution in [2.24, 2.45) is 0 Å². The van der Waals surface area contributed by atoms with E-state index in [-0.39, 0.29) is 0 Å². The number of hydrogen-bond donors (Lipinski definition) is 0. The van der Waals surface area contributed by atoms with Gasteiger partial charge in [0.05, 0.1) is 0 Å². The van der Waals surface area contributed by atoms with Gasteiger partial charge in [0.25, 0.3) is 0 Å². The SMILES string of the molecule is CCc1ccc(CC)c2[cH-]c(C)cc12.CCc1ccc(CC)c2[cH-]c(C)cc12.[Hf+2]=[Si]1CCC1. The summed E-state index contributed by atoms with van der Waals surface area (Å²) in [5, 5.41) is 5.85. The number of fused-ring (bicyclic) bond motifs is 2. The third kappa shape index (κ3) is 6.45. The molecule has 0 aliphatic carbocycles. The fraction of sp³-hybridized carbons (Fsp3) is 0.419. The van der Waals surface area contributed by atoms with Crippen LogP contribution in [0.5, 0.6) is 0 Å². The summed E-state index contributed by atoms with van der Waals surface area (Å²) in [5.41, 5.74) is 9.12. The molecule has 4 aromatic rings. The maximum absolute atomic E-state index is 2.31. The van der Waals surface area contributed by atoms with Gasteiger partial charge in [0.2, 0.25) is 0 Å². The Balaban J connectivity index is 0.000000154. The van der Waals surface area contributed by atoms with E-state index >= 15 is 0 Å². The number of aryl methyl sites for hydroxylation is 6. The van der Waals surface area contributed by atoms with E-state index in [2.05, 4.69) is 90.1 Å². The van der Waals surface area contributed by atoms with Crippen LogP contribution in [-0.2, 0) is 48.7 Å². The van der Waals surface area contributed by atoms with E-state index < -0.39 is 0 Å². The average Bonchev–Trinajstić information content (AvgIpc) is 3.39. The Kier molecular flexibility index (Phi) is 9.94. The van der Waals surface area contributed by atoms with E-state index in [1.54, 1.807) is 41.5 Å². The monoisotopic (exact) mass is 620 g/mol. The van der Waals surface area contributed by atoms with Crippen molar-refractivity contribution in [2.75, 3.05) is 0 Å². The molecule has 1 aliphatic rings. The van der Waals surface area contributed by atoms with Crippen LogP contribution in [0.2, 0.25) is 12.1 Å². The molecule has 0 atom stereocenters. The first-order valence-electron chi connectivity index (χ1n) is 12.8. The summed E-state index contributed by atoms with van der Waals surface area (Å²) in [4.78, 5) is 0. The molecule has 0 amide bonds. The summed E-state index contributed by atoms with van der Waals surface area (Å²) >= 11 is 1.56. The molecule has 1 heterocycles. The Bertz CT molecular complexity index is 1040. The first-order valence-corrected chi connectivity index (χ1v) is 20.1. The topological polar surface area (TPSA) is 0 Å². The van der Waals surface area contributed by atoms with Gasteiger partial charge in [-0.05, 0) is 12.8 Å². The van der Waals surface area contributed by atoms with E-state index in [0.717, 1.165) is 25.7 Å². The second-order valence-corrected chi connectivity index (χ2v) is 19.2. The number of rotatable bonds is 4. The van der Waals surface area contributed by atoms with Crippen LogP contribution in [0.25, 0.3) is 21.5 Å². The van der Waals surface area contributed by atoms with Crippen molar-refractivity contribution in [3.63, 3.8) is 0 Å². The average molecular weight is 619 g/mol. The number of benzene rings is 2. The molecule has 0 N–H and O–H groups in total. The molecule has 33 heavy (non-hydrogen) atoms. The van der Waals surface area contributed by atoms with E-state index in [9.17, 15) is 0 Å². The van der Waals surface area contributed by atoms with Gasteiger partial charge in [0, 0.05) is 0 Å². The fourth-order valence-corrected chi connectivity index (χ4v) is 9.23. The molecular weight excluding hydrogens is 579 g/mol. The van der Waals surface area contributed by atoms with Crippen molar-refractivity contribution >= 4 is 27.0 Å². The van der Waals surface area contributed by atoms with Crippen LogP contribution in [-0.4, -0.2) is 5.49 Å². The molecule has 172 valence electrons. The Labute approximate surface area is 216 Å². The van der Waals surface area contributed by atoms with Crippen LogP contribution >= 0.6 is 0 Å². The van der Waals surface area contributed by atoms with Crippen LogP contribution in [0.1, 0.15) is 67.5 Å². The Morgan fingerprint density at radius 2 is 1.00 bits per heavy atom. The maximum atomic E-state index is 2.31. The molecule has 1 fully saturated rings. The summed E-state index contributed by atoms with van der Waals surface area (Å²) in [6.45, 7) is 13.3. The molecule has 4 aromatic carbocycles. The van der Waals surface area contributed by atoms with Gasteiger partial charge < -0.3 is 0 Å². The molecule has 2 heteroatoms. The quantitative estimate of drug-likeness (QED) is 0.158. The molecule has 0 aromatic heterocycles. The van der Waals surface area contributed by atoms with Crippen molar-refractivity contribution in [1.82, 2.24) is 0 Å². The molecule has 0 bridgehead atoms. The van der Waals surface area contributed by atoms with E-state index in [4.69, 9.17) is 0 Å².